The molecule has 3 nitrogen and oxygen atoms in total. The molecule has 0 radical (unpaired) electrons. The van der Waals surface area contributed by atoms with Gasteiger partial charge in [-0.15, -0.1) is 0 Å². The first kappa shape index (κ1) is 12.6. The fourth-order valence-corrected chi connectivity index (χ4v) is 3.48. The van der Waals surface area contributed by atoms with E-state index in [2.05, 4.69) is 40.1 Å². The SMILES string of the molecule is Nc1cccc2c1CN(c1ccc(N3CCCC3)cc1)C2. The molecule has 108 valence electrons. The van der Waals surface area contributed by atoms with Gasteiger partial charge in [-0.25, -0.2) is 0 Å². The molecule has 0 amide bonds. The predicted molar refractivity (Wildman–Crippen MR) is 88.6 cm³/mol. The van der Waals surface area contributed by atoms with Crippen molar-refractivity contribution in [2.75, 3.05) is 28.6 Å². The standard InChI is InChI=1S/C18H21N3/c19-18-5-3-4-14-12-21(13-17(14)18)16-8-6-15(7-9-16)20-10-1-2-11-20/h3-9H,1-2,10-13,19H2. The molecule has 2 aromatic rings. The molecule has 2 aliphatic heterocycles. The molecule has 21 heavy (non-hydrogen) atoms. The molecule has 0 unspecified atom stereocenters. The molecule has 0 saturated carbocycles. The molecular formula is C18H21N3. The van der Waals surface area contributed by atoms with Crippen molar-refractivity contribution in [3.8, 4) is 0 Å². The highest BCUT2D eigenvalue weighted by Gasteiger charge is 2.21. The highest BCUT2D eigenvalue weighted by Crippen LogP contribution is 2.32. The van der Waals surface area contributed by atoms with Gasteiger partial charge in [-0.1, -0.05) is 12.1 Å². The maximum Gasteiger partial charge on any atom is 0.0457 e. The van der Waals surface area contributed by atoms with Crippen molar-refractivity contribution in [1.82, 2.24) is 0 Å². The van der Waals surface area contributed by atoms with Crippen LogP contribution in [-0.4, -0.2) is 13.1 Å². The van der Waals surface area contributed by atoms with Crippen molar-refractivity contribution < 1.29 is 0 Å². The predicted octanol–water partition coefficient (Wildman–Crippen LogP) is 3.39. The minimum Gasteiger partial charge on any atom is -0.398 e. The molecule has 0 aliphatic carbocycles. The summed E-state index contributed by atoms with van der Waals surface area (Å²) in [5.74, 6) is 0. The van der Waals surface area contributed by atoms with Gasteiger partial charge in [0, 0.05) is 43.2 Å². The molecule has 0 spiro atoms. The molecule has 0 atom stereocenters. The fraction of sp³-hybridized carbons (Fsp3) is 0.333. The summed E-state index contributed by atoms with van der Waals surface area (Å²) in [6.07, 6.45) is 2.64. The van der Waals surface area contributed by atoms with Gasteiger partial charge < -0.3 is 15.5 Å². The quantitative estimate of drug-likeness (QED) is 0.855. The summed E-state index contributed by atoms with van der Waals surface area (Å²) in [7, 11) is 0. The topological polar surface area (TPSA) is 32.5 Å². The zero-order valence-corrected chi connectivity index (χ0v) is 12.3. The third-order valence-corrected chi connectivity index (χ3v) is 4.71. The average molecular weight is 279 g/mol. The Kier molecular flexibility index (Phi) is 2.99. The summed E-state index contributed by atoms with van der Waals surface area (Å²) in [5, 5.41) is 0. The maximum absolute atomic E-state index is 6.09. The van der Waals surface area contributed by atoms with Crippen LogP contribution in [0.1, 0.15) is 24.0 Å². The highest BCUT2D eigenvalue weighted by atomic mass is 15.2. The van der Waals surface area contributed by atoms with Gasteiger partial charge in [-0.05, 0) is 54.3 Å². The monoisotopic (exact) mass is 279 g/mol. The van der Waals surface area contributed by atoms with Crippen LogP contribution in [0.2, 0.25) is 0 Å². The summed E-state index contributed by atoms with van der Waals surface area (Å²) < 4.78 is 0. The van der Waals surface area contributed by atoms with Gasteiger partial charge in [0.15, 0.2) is 0 Å². The Morgan fingerprint density at radius 1 is 0.762 bits per heavy atom. The highest BCUT2D eigenvalue weighted by molar-refractivity contribution is 5.62. The second-order valence-corrected chi connectivity index (χ2v) is 6.05. The van der Waals surface area contributed by atoms with E-state index in [0.29, 0.717) is 0 Å². The van der Waals surface area contributed by atoms with Crippen LogP contribution in [0.15, 0.2) is 42.5 Å². The van der Waals surface area contributed by atoms with E-state index >= 15 is 0 Å². The first-order valence-corrected chi connectivity index (χ1v) is 7.77. The third-order valence-electron chi connectivity index (χ3n) is 4.71. The molecule has 2 heterocycles. The first-order valence-electron chi connectivity index (χ1n) is 7.77. The van der Waals surface area contributed by atoms with E-state index in [0.717, 1.165) is 18.8 Å². The first-order chi connectivity index (χ1) is 10.3. The van der Waals surface area contributed by atoms with Gasteiger partial charge in [0.25, 0.3) is 0 Å². The Morgan fingerprint density at radius 2 is 1.43 bits per heavy atom. The van der Waals surface area contributed by atoms with Crippen LogP contribution in [0.5, 0.6) is 0 Å². The Hall–Kier alpha value is -2.16. The summed E-state index contributed by atoms with van der Waals surface area (Å²) in [6.45, 7) is 4.28. The molecule has 0 bridgehead atoms. The molecule has 1 fully saturated rings. The lowest BCUT2D eigenvalue weighted by Crippen LogP contribution is -2.18. The van der Waals surface area contributed by atoms with Crippen LogP contribution >= 0.6 is 0 Å². The molecule has 4 rings (SSSR count). The van der Waals surface area contributed by atoms with Crippen molar-refractivity contribution in [2.24, 2.45) is 0 Å². The van der Waals surface area contributed by atoms with Gasteiger partial charge in [0.05, 0.1) is 0 Å². The number of nitrogens with two attached hydrogens (primary N) is 1. The van der Waals surface area contributed by atoms with Gasteiger partial charge in [0.1, 0.15) is 0 Å². The molecular weight excluding hydrogens is 258 g/mol. The summed E-state index contributed by atoms with van der Waals surface area (Å²) in [6, 6.07) is 15.2. The van der Waals surface area contributed by atoms with Gasteiger partial charge in [0.2, 0.25) is 0 Å². The lowest BCUT2D eigenvalue weighted by molar-refractivity contribution is 0.880. The van der Waals surface area contributed by atoms with Crippen molar-refractivity contribution in [3.63, 3.8) is 0 Å². The fourth-order valence-electron chi connectivity index (χ4n) is 3.48. The van der Waals surface area contributed by atoms with Crippen molar-refractivity contribution >= 4 is 17.1 Å². The van der Waals surface area contributed by atoms with Crippen molar-refractivity contribution in [3.05, 3.63) is 53.6 Å². The average Bonchev–Trinajstić information content (AvgIpc) is 3.18. The van der Waals surface area contributed by atoms with Gasteiger partial charge >= 0.3 is 0 Å². The van der Waals surface area contributed by atoms with Crippen LogP contribution in [-0.2, 0) is 13.1 Å². The van der Waals surface area contributed by atoms with Gasteiger partial charge in [-0.3, -0.25) is 0 Å². The molecule has 3 heteroatoms. The Balaban J connectivity index is 1.54. The molecule has 2 aromatic carbocycles. The van der Waals surface area contributed by atoms with Crippen LogP contribution < -0.4 is 15.5 Å². The lowest BCUT2D eigenvalue weighted by atomic mass is 10.1. The summed E-state index contributed by atoms with van der Waals surface area (Å²) in [4.78, 5) is 4.87. The van der Waals surface area contributed by atoms with Crippen molar-refractivity contribution in [1.29, 1.82) is 0 Å². The van der Waals surface area contributed by atoms with E-state index in [-0.39, 0.29) is 0 Å². The molecule has 2 N–H and O–H groups in total. The summed E-state index contributed by atoms with van der Waals surface area (Å²) in [5.41, 5.74) is 12.3. The number of rotatable bonds is 2. The normalized spacial score (nSPS) is 17.3. The summed E-state index contributed by atoms with van der Waals surface area (Å²) >= 11 is 0. The van der Waals surface area contributed by atoms with Crippen LogP contribution in [0.3, 0.4) is 0 Å². The Labute approximate surface area is 126 Å². The van der Waals surface area contributed by atoms with Crippen LogP contribution in [0, 0.1) is 0 Å². The number of anilines is 3. The minimum atomic E-state index is 0.920. The Bertz CT molecular complexity index is 642. The number of hydrogen-bond donors (Lipinski definition) is 1. The second-order valence-electron chi connectivity index (χ2n) is 6.05. The number of nitrogens with zero attached hydrogens (tertiary/aromatic N) is 2. The smallest absolute Gasteiger partial charge is 0.0457 e. The van der Waals surface area contributed by atoms with Gasteiger partial charge in [-0.2, -0.15) is 0 Å². The van der Waals surface area contributed by atoms with E-state index in [4.69, 9.17) is 5.73 Å². The van der Waals surface area contributed by atoms with E-state index in [1.807, 2.05) is 12.1 Å². The minimum absolute atomic E-state index is 0.920. The van der Waals surface area contributed by atoms with E-state index in [9.17, 15) is 0 Å². The van der Waals surface area contributed by atoms with Crippen LogP contribution in [0.25, 0.3) is 0 Å². The number of nitrogen functional groups attached to an aromatic ring is 1. The lowest BCUT2D eigenvalue weighted by Gasteiger charge is -2.21. The number of fused-ring (bicyclic) bond motifs is 1. The largest absolute Gasteiger partial charge is 0.398 e. The van der Waals surface area contributed by atoms with E-state index in [1.165, 1.54) is 48.4 Å². The zero-order valence-electron chi connectivity index (χ0n) is 12.3. The molecule has 2 aliphatic rings. The van der Waals surface area contributed by atoms with Crippen molar-refractivity contribution in [2.45, 2.75) is 25.9 Å². The molecule has 1 saturated heterocycles. The third kappa shape index (κ3) is 2.23. The second kappa shape index (κ2) is 4.99. The van der Waals surface area contributed by atoms with E-state index in [1.54, 1.807) is 0 Å². The Morgan fingerprint density at radius 3 is 2.10 bits per heavy atom. The number of benzene rings is 2. The van der Waals surface area contributed by atoms with E-state index < -0.39 is 0 Å². The number of hydrogen-bond acceptors (Lipinski definition) is 3. The molecule has 0 aromatic heterocycles. The zero-order chi connectivity index (χ0) is 14.2. The van der Waals surface area contributed by atoms with Crippen LogP contribution in [0.4, 0.5) is 17.1 Å². The maximum atomic E-state index is 6.09.